The van der Waals surface area contributed by atoms with Gasteiger partial charge in [-0.3, -0.25) is 9.69 Å². The third kappa shape index (κ3) is 2.45. The molecule has 0 spiro atoms. The van der Waals surface area contributed by atoms with Crippen molar-refractivity contribution in [1.82, 2.24) is 4.90 Å². The highest BCUT2D eigenvalue weighted by Crippen LogP contribution is 2.28. The van der Waals surface area contributed by atoms with Gasteiger partial charge in [0.25, 0.3) is 0 Å². The van der Waals surface area contributed by atoms with Gasteiger partial charge in [-0.2, -0.15) is 0 Å². The quantitative estimate of drug-likeness (QED) is 0.901. The Bertz CT molecular complexity index is 502. The lowest BCUT2D eigenvalue weighted by molar-refractivity contribution is -0.119. The molecule has 0 radical (unpaired) electrons. The van der Waals surface area contributed by atoms with Gasteiger partial charge in [-0.1, -0.05) is 18.2 Å². The predicted molar refractivity (Wildman–Crippen MR) is 80.7 cm³/mol. The normalized spacial score (nSPS) is 26.0. The standard InChI is InChI=1S/C16H23N3O/c1-12-8-13(9-17)10-18(12)11-16(20)19-7-6-14-4-2-3-5-15(14)19/h2-5,12-13H,6-11,17H2,1H3. The molecule has 1 aromatic carbocycles. The summed E-state index contributed by atoms with van der Waals surface area (Å²) in [4.78, 5) is 16.8. The molecule has 0 saturated carbocycles. The third-order valence-electron chi connectivity index (χ3n) is 4.65. The minimum atomic E-state index is 0.222. The van der Waals surface area contributed by atoms with Gasteiger partial charge in [0, 0.05) is 24.8 Å². The minimum Gasteiger partial charge on any atom is -0.330 e. The van der Waals surface area contributed by atoms with Crippen molar-refractivity contribution in [1.29, 1.82) is 0 Å². The van der Waals surface area contributed by atoms with E-state index in [0.29, 0.717) is 18.5 Å². The third-order valence-corrected chi connectivity index (χ3v) is 4.65. The maximum absolute atomic E-state index is 12.6. The maximum Gasteiger partial charge on any atom is 0.241 e. The van der Waals surface area contributed by atoms with Crippen LogP contribution in [0.3, 0.4) is 0 Å². The topological polar surface area (TPSA) is 49.6 Å². The van der Waals surface area contributed by atoms with E-state index < -0.39 is 0 Å². The molecule has 4 nitrogen and oxygen atoms in total. The predicted octanol–water partition coefficient (Wildman–Crippen LogP) is 1.24. The van der Waals surface area contributed by atoms with E-state index in [1.807, 2.05) is 17.0 Å². The molecule has 20 heavy (non-hydrogen) atoms. The smallest absolute Gasteiger partial charge is 0.241 e. The Hall–Kier alpha value is -1.39. The lowest BCUT2D eigenvalue weighted by atomic mass is 10.1. The van der Waals surface area contributed by atoms with Crippen LogP contribution >= 0.6 is 0 Å². The van der Waals surface area contributed by atoms with Crippen LogP contribution in [0, 0.1) is 5.92 Å². The Kier molecular flexibility index (Phi) is 3.76. The van der Waals surface area contributed by atoms with E-state index in [1.165, 1.54) is 5.56 Å². The van der Waals surface area contributed by atoms with Crippen molar-refractivity contribution in [3.63, 3.8) is 0 Å². The number of nitrogens with two attached hydrogens (primary N) is 1. The molecule has 1 aromatic rings. The van der Waals surface area contributed by atoms with E-state index in [-0.39, 0.29) is 5.91 Å². The summed E-state index contributed by atoms with van der Waals surface area (Å²) in [7, 11) is 0. The number of carbonyl (C=O) groups excluding carboxylic acids is 1. The van der Waals surface area contributed by atoms with Crippen LogP contribution in [0.2, 0.25) is 0 Å². The van der Waals surface area contributed by atoms with Crippen LogP contribution < -0.4 is 10.6 Å². The number of rotatable bonds is 3. The molecule has 1 amide bonds. The molecule has 2 aliphatic rings. The van der Waals surface area contributed by atoms with Crippen LogP contribution in [-0.2, 0) is 11.2 Å². The summed E-state index contributed by atoms with van der Waals surface area (Å²) >= 11 is 0. The molecule has 2 N–H and O–H groups in total. The number of carbonyl (C=O) groups is 1. The van der Waals surface area contributed by atoms with Gasteiger partial charge in [0.1, 0.15) is 0 Å². The van der Waals surface area contributed by atoms with Crippen molar-refractivity contribution >= 4 is 11.6 Å². The van der Waals surface area contributed by atoms with Crippen molar-refractivity contribution in [2.75, 3.05) is 31.1 Å². The molecule has 2 unspecified atom stereocenters. The highest BCUT2D eigenvalue weighted by atomic mass is 16.2. The van der Waals surface area contributed by atoms with Gasteiger partial charge in [-0.25, -0.2) is 0 Å². The molecule has 0 bridgehead atoms. The fourth-order valence-corrected chi connectivity index (χ4v) is 3.47. The molecule has 2 atom stereocenters. The van der Waals surface area contributed by atoms with Crippen LogP contribution in [0.1, 0.15) is 18.9 Å². The highest BCUT2D eigenvalue weighted by Gasteiger charge is 2.32. The van der Waals surface area contributed by atoms with Gasteiger partial charge in [-0.05, 0) is 43.9 Å². The fourth-order valence-electron chi connectivity index (χ4n) is 3.47. The molecule has 3 rings (SSSR count). The van der Waals surface area contributed by atoms with Crippen molar-refractivity contribution in [2.45, 2.75) is 25.8 Å². The number of amides is 1. The molecule has 1 saturated heterocycles. The highest BCUT2D eigenvalue weighted by molar-refractivity contribution is 5.96. The maximum atomic E-state index is 12.6. The van der Waals surface area contributed by atoms with E-state index in [0.717, 1.165) is 38.2 Å². The summed E-state index contributed by atoms with van der Waals surface area (Å²) in [5.41, 5.74) is 8.14. The molecule has 2 heterocycles. The van der Waals surface area contributed by atoms with E-state index in [9.17, 15) is 4.79 Å². The minimum absolute atomic E-state index is 0.222. The zero-order valence-electron chi connectivity index (χ0n) is 12.1. The number of anilines is 1. The van der Waals surface area contributed by atoms with E-state index in [1.54, 1.807) is 0 Å². The first-order chi connectivity index (χ1) is 9.69. The first-order valence-corrected chi connectivity index (χ1v) is 7.51. The Morgan fingerprint density at radius 2 is 2.20 bits per heavy atom. The van der Waals surface area contributed by atoms with Crippen molar-refractivity contribution in [3.8, 4) is 0 Å². The molecule has 108 valence electrons. The summed E-state index contributed by atoms with van der Waals surface area (Å²) in [6.07, 6.45) is 2.09. The molecule has 0 aliphatic carbocycles. The first-order valence-electron chi connectivity index (χ1n) is 7.51. The summed E-state index contributed by atoms with van der Waals surface area (Å²) in [5.74, 6) is 0.767. The monoisotopic (exact) mass is 273 g/mol. The van der Waals surface area contributed by atoms with Gasteiger partial charge in [0.15, 0.2) is 0 Å². The number of nitrogens with zero attached hydrogens (tertiary/aromatic N) is 2. The van der Waals surface area contributed by atoms with E-state index in [2.05, 4.69) is 24.0 Å². The second-order valence-electron chi connectivity index (χ2n) is 6.04. The Labute approximate surface area is 120 Å². The lowest BCUT2D eigenvalue weighted by Gasteiger charge is -2.24. The summed E-state index contributed by atoms with van der Waals surface area (Å²) in [6, 6.07) is 8.68. The second kappa shape index (κ2) is 5.54. The number of fused-ring (bicyclic) bond motifs is 1. The van der Waals surface area contributed by atoms with E-state index >= 15 is 0 Å². The lowest BCUT2D eigenvalue weighted by Crippen LogP contribution is -2.41. The van der Waals surface area contributed by atoms with Crippen molar-refractivity contribution < 1.29 is 4.79 Å². The van der Waals surface area contributed by atoms with Gasteiger partial charge in [0.05, 0.1) is 6.54 Å². The second-order valence-corrected chi connectivity index (χ2v) is 6.04. The summed E-state index contributed by atoms with van der Waals surface area (Å²) in [6.45, 7) is 5.22. The largest absolute Gasteiger partial charge is 0.330 e. The Morgan fingerprint density at radius 3 is 2.95 bits per heavy atom. The number of benzene rings is 1. The number of hydrogen-bond donors (Lipinski definition) is 1. The van der Waals surface area contributed by atoms with Crippen LogP contribution in [0.4, 0.5) is 5.69 Å². The van der Waals surface area contributed by atoms with Gasteiger partial charge in [0.2, 0.25) is 5.91 Å². The molecular weight excluding hydrogens is 250 g/mol. The summed E-state index contributed by atoms with van der Waals surface area (Å²) < 4.78 is 0. The van der Waals surface area contributed by atoms with Crippen molar-refractivity contribution in [3.05, 3.63) is 29.8 Å². The average Bonchev–Trinajstić information content (AvgIpc) is 3.03. The zero-order valence-corrected chi connectivity index (χ0v) is 12.1. The van der Waals surface area contributed by atoms with Crippen LogP contribution in [0.15, 0.2) is 24.3 Å². The van der Waals surface area contributed by atoms with Gasteiger partial charge >= 0.3 is 0 Å². The summed E-state index contributed by atoms with van der Waals surface area (Å²) in [5, 5.41) is 0. The molecule has 0 aromatic heterocycles. The van der Waals surface area contributed by atoms with E-state index in [4.69, 9.17) is 5.73 Å². The SMILES string of the molecule is CC1CC(CN)CN1CC(=O)N1CCc2ccccc21. The average molecular weight is 273 g/mol. The zero-order chi connectivity index (χ0) is 14.1. The number of para-hydroxylation sites is 1. The van der Waals surface area contributed by atoms with Crippen LogP contribution in [0.5, 0.6) is 0 Å². The molecule has 2 aliphatic heterocycles. The Balaban J connectivity index is 1.66. The van der Waals surface area contributed by atoms with Crippen LogP contribution in [-0.4, -0.2) is 43.0 Å². The fraction of sp³-hybridized carbons (Fsp3) is 0.562. The molecular formula is C16H23N3O. The number of likely N-dealkylation sites (tertiary alicyclic amines) is 1. The molecule has 4 heteroatoms. The first kappa shape index (κ1) is 13.6. The number of hydrogen-bond acceptors (Lipinski definition) is 3. The van der Waals surface area contributed by atoms with Crippen LogP contribution in [0.25, 0.3) is 0 Å². The van der Waals surface area contributed by atoms with Gasteiger partial charge < -0.3 is 10.6 Å². The van der Waals surface area contributed by atoms with Crippen molar-refractivity contribution in [2.24, 2.45) is 11.7 Å². The molecule has 1 fully saturated rings. The van der Waals surface area contributed by atoms with Gasteiger partial charge in [-0.15, -0.1) is 0 Å². The Morgan fingerprint density at radius 1 is 1.40 bits per heavy atom.